The smallest absolute Gasteiger partial charge is 0.142 e. The Bertz CT molecular complexity index is 444. The summed E-state index contributed by atoms with van der Waals surface area (Å²) in [6.07, 6.45) is 7.38. The Balaban J connectivity index is 1.54. The third kappa shape index (κ3) is 6.80. The Kier molecular flexibility index (Phi) is 8.26. The number of ether oxygens (including phenoxy) is 1. The average molecular weight is 319 g/mol. The zero-order chi connectivity index (χ0) is 16.3. The topological polar surface area (TPSA) is 50.5 Å². The fraction of sp³-hybridized carbons (Fsp3) is 0.684. The molecule has 0 aromatic heterocycles. The molecule has 2 rings (SSSR count). The number of nitrogens with zero attached hydrogens (tertiary/aromatic N) is 1. The van der Waals surface area contributed by atoms with Crippen LogP contribution in [0.1, 0.15) is 44.6 Å². The van der Waals surface area contributed by atoms with Gasteiger partial charge in [0.15, 0.2) is 0 Å². The van der Waals surface area contributed by atoms with Crippen LogP contribution in [0.25, 0.3) is 0 Å². The second-order valence-corrected chi connectivity index (χ2v) is 6.48. The molecule has 0 saturated carbocycles. The normalized spacial score (nSPS) is 15.2. The van der Waals surface area contributed by atoms with E-state index in [4.69, 9.17) is 10.5 Å². The molecule has 4 heteroatoms. The van der Waals surface area contributed by atoms with Crippen molar-refractivity contribution < 1.29 is 4.74 Å². The van der Waals surface area contributed by atoms with E-state index in [0.717, 1.165) is 44.0 Å². The first-order valence-electron chi connectivity index (χ1n) is 9.24. The number of anilines is 1. The Morgan fingerprint density at radius 2 is 2.00 bits per heavy atom. The van der Waals surface area contributed by atoms with Crippen LogP contribution >= 0.6 is 0 Å². The second-order valence-electron chi connectivity index (χ2n) is 6.48. The van der Waals surface area contributed by atoms with Gasteiger partial charge < -0.3 is 20.7 Å². The maximum atomic E-state index is 6.04. The number of unbranched alkanes of at least 4 members (excludes halogenated alkanes) is 1. The van der Waals surface area contributed by atoms with Gasteiger partial charge >= 0.3 is 0 Å². The van der Waals surface area contributed by atoms with Gasteiger partial charge in [0.25, 0.3) is 0 Å². The lowest BCUT2D eigenvalue weighted by atomic mass is 10.1. The van der Waals surface area contributed by atoms with E-state index >= 15 is 0 Å². The van der Waals surface area contributed by atoms with Crippen molar-refractivity contribution in [3.8, 4) is 5.75 Å². The quantitative estimate of drug-likeness (QED) is 0.486. The summed E-state index contributed by atoms with van der Waals surface area (Å²) in [7, 11) is 0. The van der Waals surface area contributed by atoms with Gasteiger partial charge in [-0.25, -0.2) is 0 Å². The van der Waals surface area contributed by atoms with Crippen LogP contribution in [0.4, 0.5) is 5.69 Å². The summed E-state index contributed by atoms with van der Waals surface area (Å²) in [5.41, 5.74) is 8.07. The van der Waals surface area contributed by atoms with Crippen LogP contribution in [0.3, 0.4) is 0 Å². The van der Waals surface area contributed by atoms with Crippen LogP contribution in [0, 0.1) is 0 Å². The molecule has 1 saturated heterocycles. The van der Waals surface area contributed by atoms with Gasteiger partial charge in [0.05, 0.1) is 12.3 Å². The lowest BCUT2D eigenvalue weighted by molar-refractivity contribution is 0.319. The highest BCUT2D eigenvalue weighted by Gasteiger charge is 2.09. The molecule has 1 aromatic carbocycles. The highest BCUT2D eigenvalue weighted by atomic mass is 16.5. The molecule has 23 heavy (non-hydrogen) atoms. The molecule has 0 aliphatic carbocycles. The molecule has 4 nitrogen and oxygen atoms in total. The SMILES string of the molecule is CCCOc1ccc(CCNCCCCN2CCCC2)cc1N. The fourth-order valence-corrected chi connectivity index (χ4v) is 3.05. The van der Waals surface area contributed by atoms with Gasteiger partial charge in [-0.15, -0.1) is 0 Å². The maximum absolute atomic E-state index is 6.04. The first-order chi connectivity index (χ1) is 11.3. The monoisotopic (exact) mass is 319 g/mol. The van der Waals surface area contributed by atoms with Gasteiger partial charge in [-0.1, -0.05) is 13.0 Å². The lowest BCUT2D eigenvalue weighted by Crippen LogP contribution is -2.23. The third-order valence-corrected chi connectivity index (χ3v) is 4.40. The first-order valence-corrected chi connectivity index (χ1v) is 9.24. The molecule has 0 radical (unpaired) electrons. The molecule has 1 aromatic rings. The van der Waals surface area contributed by atoms with Crippen LogP contribution in [0.5, 0.6) is 5.75 Å². The van der Waals surface area contributed by atoms with E-state index in [1.165, 1.54) is 50.9 Å². The molecule has 0 bridgehead atoms. The number of hydrogen-bond donors (Lipinski definition) is 2. The first kappa shape index (κ1) is 18.1. The minimum absolute atomic E-state index is 0.725. The van der Waals surface area contributed by atoms with Crippen molar-refractivity contribution in [3.63, 3.8) is 0 Å². The van der Waals surface area contributed by atoms with E-state index < -0.39 is 0 Å². The van der Waals surface area contributed by atoms with Gasteiger partial charge in [-0.05, 0) is 88.9 Å². The molecule has 3 N–H and O–H groups in total. The Hall–Kier alpha value is -1.26. The van der Waals surface area contributed by atoms with Crippen LogP contribution in [0.2, 0.25) is 0 Å². The van der Waals surface area contributed by atoms with Crippen LogP contribution in [0.15, 0.2) is 18.2 Å². The van der Waals surface area contributed by atoms with Gasteiger partial charge in [0.1, 0.15) is 5.75 Å². The molecule has 0 spiro atoms. The number of hydrogen-bond acceptors (Lipinski definition) is 4. The molecule has 1 fully saturated rings. The number of nitrogens with two attached hydrogens (primary N) is 1. The summed E-state index contributed by atoms with van der Waals surface area (Å²) in [5, 5.41) is 3.54. The zero-order valence-electron chi connectivity index (χ0n) is 14.7. The summed E-state index contributed by atoms with van der Waals surface area (Å²) in [4.78, 5) is 2.59. The highest BCUT2D eigenvalue weighted by Crippen LogP contribution is 2.22. The van der Waals surface area contributed by atoms with Gasteiger partial charge in [0.2, 0.25) is 0 Å². The Morgan fingerprint density at radius 1 is 1.17 bits per heavy atom. The van der Waals surface area contributed by atoms with Crippen molar-refractivity contribution in [3.05, 3.63) is 23.8 Å². The number of nitrogens with one attached hydrogen (secondary N) is 1. The van der Waals surface area contributed by atoms with E-state index in [0.29, 0.717) is 0 Å². The second kappa shape index (κ2) is 10.5. The average Bonchev–Trinajstić information content (AvgIpc) is 3.06. The van der Waals surface area contributed by atoms with E-state index in [1.54, 1.807) is 0 Å². The summed E-state index contributed by atoms with van der Waals surface area (Å²) in [6.45, 7) is 8.85. The molecule has 1 aliphatic heterocycles. The molecule has 1 heterocycles. The highest BCUT2D eigenvalue weighted by molar-refractivity contribution is 5.54. The van der Waals surface area contributed by atoms with Crippen molar-refractivity contribution in [2.75, 3.05) is 45.1 Å². The molecule has 0 amide bonds. The van der Waals surface area contributed by atoms with Crippen LogP contribution in [-0.2, 0) is 6.42 Å². The fourth-order valence-electron chi connectivity index (χ4n) is 3.05. The number of nitrogen functional groups attached to an aromatic ring is 1. The molecule has 1 aliphatic rings. The minimum Gasteiger partial charge on any atom is -0.491 e. The van der Waals surface area contributed by atoms with Crippen molar-refractivity contribution in [1.29, 1.82) is 0 Å². The Morgan fingerprint density at radius 3 is 2.74 bits per heavy atom. The van der Waals surface area contributed by atoms with Crippen molar-refractivity contribution in [2.24, 2.45) is 0 Å². The molecule has 130 valence electrons. The van der Waals surface area contributed by atoms with Gasteiger partial charge in [-0.2, -0.15) is 0 Å². The standard InChI is InChI=1S/C19H33N3O/c1-2-15-23-19-8-7-17(16-18(19)20)9-11-21-10-3-4-12-22-13-5-6-14-22/h7-8,16,21H,2-6,9-15,20H2,1H3. The molecule has 0 unspecified atom stereocenters. The van der Waals surface area contributed by atoms with E-state index in [1.807, 2.05) is 12.1 Å². The predicted molar refractivity (Wildman–Crippen MR) is 98.1 cm³/mol. The summed E-state index contributed by atoms with van der Waals surface area (Å²) in [6, 6.07) is 6.16. The predicted octanol–water partition coefficient (Wildman–Crippen LogP) is 3.07. The lowest BCUT2D eigenvalue weighted by Gasteiger charge is -2.14. The zero-order valence-corrected chi connectivity index (χ0v) is 14.7. The van der Waals surface area contributed by atoms with Crippen molar-refractivity contribution in [2.45, 2.75) is 45.4 Å². The summed E-state index contributed by atoms with van der Waals surface area (Å²) < 4.78 is 5.61. The van der Waals surface area contributed by atoms with Gasteiger partial charge in [-0.3, -0.25) is 0 Å². The minimum atomic E-state index is 0.725. The Labute approximate surface area is 141 Å². The summed E-state index contributed by atoms with van der Waals surface area (Å²) in [5.74, 6) is 0.811. The third-order valence-electron chi connectivity index (χ3n) is 4.40. The number of benzene rings is 1. The van der Waals surface area contributed by atoms with E-state index in [9.17, 15) is 0 Å². The maximum Gasteiger partial charge on any atom is 0.142 e. The van der Waals surface area contributed by atoms with Crippen LogP contribution < -0.4 is 15.8 Å². The van der Waals surface area contributed by atoms with Gasteiger partial charge in [0, 0.05) is 0 Å². The molecule has 0 atom stereocenters. The molecular formula is C19H33N3O. The van der Waals surface area contributed by atoms with Crippen molar-refractivity contribution in [1.82, 2.24) is 10.2 Å². The van der Waals surface area contributed by atoms with E-state index in [-0.39, 0.29) is 0 Å². The number of likely N-dealkylation sites (tertiary alicyclic amines) is 1. The van der Waals surface area contributed by atoms with Crippen molar-refractivity contribution >= 4 is 5.69 Å². The summed E-state index contributed by atoms with van der Waals surface area (Å²) >= 11 is 0. The van der Waals surface area contributed by atoms with E-state index in [2.05, 4.69) is 23.2 Å². The van der Waals surface area contributed by atoms with Crippen LogP contribution in [-0.4, -0.2) is 44.2 Å². The molecular weight excluding hydrogens is 286 g/mol. The number of rotatable bonds is 11. The largest absolute Gasteiger partial charge is 0.491 e.